The molecule has 1 aliphatic rings. The van der Waals surface area contributed by atoms with E-state index in [0.717, 1.165) is 58.8 Å². The zero-order valence-electron chi connectivity index (χ0n) is 18.0. The van der Waals surface area contributed by atoms with Gasteiger partial charge in [0.1, 0.15) is 0 Å². The number of anilines is 2. The van der Waals surface area contributed by atoms with E-state index in [-0.39, 0.29) is 5.91 Å². The zero-order valence-corrected chi connectivity index (χ0v) is 21.1. The maximum absolute atomic E-state index is 12.5. The van der Waals surface area contributed by atoms with Gasteiger partial charge in [0.15, 0.2) is 6.54 Å². The molecule has 33 heavy (non-hydrogen) atoms. The number of nitrogens with zero attached hydrogens (tertiary/aromatic N) is 1. The van der Waals surface area contributed by atoms with Crippen LogP contribution in [0.5, 0.6) is 0 Å². The van der Waals surface area contributed by atoms with Crippen molar-refractivity contribution in [2.75, 3.05) is 42.9 Å². The van der Waals surface area contributed by atoms with E-state index in [1.165, 1.54) is 4.90 Å². The lowest BCUT2D eigenvalue weighted by atomic mass is 10.2. The molecule has 3 aromatic carbocycles. The third-order valence-corrected chi connectivity index (χ3v) is 7.48. The third-order valence-electron chi connectivity index (χ3n) is 5.60. The Bertz CT molecular complexity index is 1100. The number of piperazine rings is 1. The van der Waals surface area contributed by atoms with Crippen molar-refractivity contribution >= 4 is 63.8 Å². The van der Waals surface area contributed by atoms with Crippen molar-refractivity contribution in [1.29, 1.82) is 0 Å². The van der Waals surface area contributed by atoms with Crippen LogP contribution in [0.4, 0.5) is 11.4 Å². The first-order chi connectivity index (χ1) is 16.0. The molecular formula is C25H25Cl3N3OS+. The van der Waals surface area contributed by atoms with E-state index >= 15 is 0 Å². The van der Waals surface area contributed by atoms with E-state index in [1.807, 2.05) is 54.6 Å². The van der Waals surface area contributed by atoms with Crippen LogP contribution in [-0.2, 0) is 10.5 Å². The first kappa shape index (κ1) is 24.2. The Kier molecular flexibility index (Phi) is 8.45. The fourth-order valence-corrected chi connectivity index (χ4v) is 5.44. The lowest BCUT2D eigenvalue weighted by molar-refractivity contribution is -0.892. The number of thioether (sulfide) groups is 1. The quantitative estimate of drug-likeness (QED) is 0.415. The molecular weight excluding hydrogens is 497 g/mol. The SMILES string of the molecule is O=C(C[NH+]1CCN(c2cccc(Cl)c2)CC1)Nc1ccc(SCc2ccc(Cl)cc2Cl)cc1. The van der Waals surface area contributed by atoms with E-state index in [4.69, 9.17) is 34.8 Å². The van der Waals surface area contributed by atoms with Crippen LogP contribution in [0, 0.1) is 0 Å². The molecule has 0 aliphatic carbocycles. The molecule has 4 rings (SSSR count). The molecule has 0 radical (unpaired) electrons. The fraction of sp³-hybridized carbons (Fsp3) is 0.240. The van der Waals surface area contributed by atoms with Crippen LogP contribution >= 0.6 is 46.6 Å². The normalized spacial score (nSPS) is 14.3. The molecule has 8 heteroatoms. The van der Waals surface area contributed by atoms with E-state index in [1.54, 1.807) is 17.8 Å². The summed E-state index contributed by atoms with van der Waals surface area (Å²) in [6.45, 7) is 4.12. The van der Waals surface area contributed by atoms with Gasteiger partial charge in [-0.05, 0) is 60.2 Å². The highest BCUT2D eigenvalue weighted by Gasteiger charge is 2.22. The summed E-state index contributed by atoms with van der Waals surface area (Å²) in [7, 11) is 0. The highest BCUT2D eigenvalue weighted by molar-refractivity contribution is 7.98. The van der Waals surface area contributed by atoms with Crippen molar-refractivity contribution in [2.24, 2.45) is 0 Å². The van der Waals surface area contributed by atoms with Gasteiger partial charge in [0, 0.05) is 37.1 Å². The van der Waals surface area contributed by atoms with Crippen LogP contribution in [0.3, 0.4) is 0 Å². The summed E-state index contributed by atoms with van der Waals surface area (Å²) in [5, 5.41) is 5.08. The Hall–Kier alpha value is -1.89. The molecule has 1 saturated heterocycles. The van der Waals surface area contributed by atoms with Gasteiger partial charge in [-0.2, -0.15) is 0 Å². The van der Waals surface area contributed by atoms with Crippen LogP contribution in [0.1, 0.15) is 5.56 Å². The molecule has 3 aromatic rings. The number of halogens is 3. The smallest absolute Gasteiger partial charge is 0.279 e. The van der Waals surface area contributed by atoms with E-state index in [0.29, 0.717) is 16.6 Å². The van der Waals surface area contributed by atoms with Crippen LogP contribution < -0.4 is 15.1 Å². The Labute approximate surface area is 213 Å². The molecule has 0 saturated carbocycles. The number of nitrogens with one attached hydrogen (secondary N) is 2. The highest BCUT2D eigenvalue weighted by atomic mass is 35.5. The number of hydrogen-bond acceptors (Lipinski definition) is 3. The van der Waals surface area contributed by atoms with Crippen molar-refractivity contribution in [3.63, 3.8) is 0 Å². The second-order valence-corrected chi connectivity index (χ2v) is 10.3. The lowest BCUT2D eigenvalue weighted by Gasteiger charge is -2.33. The number of quaternary nitrogens is 1. The molecule has 0 unspecified atom stereocenters. The van der Waals surface area contributed by atoms with E-state index in [2.05, 4.69) is 16.3 Å². The monoisotopic (exact) mass is 520 g/mol. The molecule has 1 aliphatic heterocycles. The second kappa shape index (κ2) is 11.5. The van der Waals surface area contributed by atoms with Gasteiger partial charge in [-0.15, -0.1) is 11.8 Å². The van der Waals surface area contributed by atoms with Crippen molar-refractivity contribution < 1.29 is 9.69 Å². The Morgan fingerprint density at radius 1 is 0.939 bits per heavy atom. The average Bonchev–Trinajstić information content (AvgIpc) is 2.80. The predicted octanol–water partition coefficient (Wildman–Crippen LogP) is 5.28. The van der Waals surface area contributed by atoms with Crippen molar-refractivity contribution in [3.8, 4) is 0 Å². The molecule has 1 fully saturated rings. The molecule has 172 valence electrons. The van der Waals surface area contributed by atoms with Crippen molar-refractivity contribution in [3.05, 3.63) is 87.4 Å². The van der Waals surface area contributed by atoms with Crippen LogP contribution in [0.2, 0.25) is 15.1 Å². The Morgan fingerprint density at radius 3 is 2.36 bits per heavy atom. The fourth-order valence-electron chi connectivity index (χ4n) is 3.80. The summed E-state index contributed by atoms with van der Waals surface area (Å²) in [6.07, 6.45) is 0. The molecule has 0 atom stereocenters. The van der Waals surface area contributed by atoms with Gasteiger partial charge in [-0.1, -0.05) is 46.9 Å². The topological polar surface area (TPSA) is 36.8 Å². The summed E-state index contributed by atoms with van der Waals surface area (Å²) in [5.41, 5.74) is 3.00. The number of carbonyl (C=O) groups excluding carboxylic acids is 1. The molecule has 4 nitrogen and oxygen atoms in total. The van der Waals surface area contributed by atoms with Crippen LogP contribution in [0.25, 0.3) is 0 Å². The minimum Gasteiger partial charge on any atom is -0.360 e. The first-order valence-corrected chi connectivity index (χ1v) is 12.9. The van der Waals surface area contributed by atoms with Gasteiger partial charge >= 0.3 is 0 Å². The second-order valence-electron chi connectivity index (χ2n) is 7.99. The minimum atomic E-state index is 0.0366. The Balaban J connectivity index is 1.22. The number of benzene rings is 3. The maximum Gasteiger partial charge on any atom is 0.279 e. The largest absolute Gasteiger partial charge is 0.360 e. The Morgan fingerprint density at radius 2 is 1.67 bits per heavy atom. The molecule has 1 heterocycles. The first-order valence-electron chi connectivity index (χ1n) is 10.8. The number of carbonyl (C=O) groups is 1. The minimum absolute atomic E-state index is 0.0366. The van der Waals surface area contributed by atoms with Gasteiger partial charge in [-0.3, -0.25) is 4.79 Å². The molecule has 0 bridgehead atoms. The van der Waals surface area contributed by atoms with Crippen molar-refractivity contribution in [1.82, 2.24) is 0 Å². The number of rotatable bonds is 7. The number of amides is 1. The third kappa shape index (κ3) is 7.05. The summed E-state index contributed by atoms with van der Waals surface area (Å²) < 4.78 is 0. The summed E-state index contributed by atoms with van der Waals surface area (Å²) >= 11 is 20.0. The summed E-state index contributed by atoms with van der Waals surface area (Å²) in [4.78, 5) is 17.3. The van der Waals surface area contributed by atoms with Crippen LogP contribution in [-0.4, -0.2) is 38.6 Å². The van der Waals surface area contributed by atoms with Gasteiger partial charge in [0.25, 0.3) is 5.91 Å². The highest BCUT2D eigenvalue weighted by Crippen LogP contribution is 2.29. The van der Waals surface area contributed by atoms with E-state index in [9.17, 15) is 4.79 Å². The lowest BCUT2D eigenvalue weighted by Crippen LogP contribution is -3.15. The predicted molar refractivity (Wildman–Crippen MR) is 140 cm³/mol. The van der Waals surface area contributed by atoms with E-state index < -0.39 is 0 Å². The van der Waals surface area contributed by atoms with Gasteiger partial charge < -0.3 is 15.1 Å². The van der Waals surface area contributed by atoms with Gasteiger partial charge in [0.05, 0.1) is 26.2 Å². The number of hydrogen-bond donors (Lipinski definition) is 2. The van der Waals surface area contributed by atoms with Crippen molar-refractivity contribution in [2.45, 2.75) is 10.6 Å². The summed E-state index contributed by atoms with van der Waals surface area (Å²) in [6, 6.07) is 21.4. The molecule has 0 spiro atoms. The zero-order chi connectivity index (χ0) is 23.2. The molecule has 1 amide bonds. The maximum atomic E-state index is 12.5. The van der Waals surface area contributed by atoms with Crippen LogP contribution in [0.15, 0.2) is 71.6 Å². The van der Waals surface area contributed by atoms with Gasteiger partial charge in [-0.25, -0.2) is 0 Å². The van der Waals surface area contributed by atoms with Gasteiger partial charge in [0.2, 0.25) is 0 Å². The molecule has 0 aromatic heterocycles. The summed E-state index contributed by atoms with van der Waals surface area (Å²) in [5.74, 6) is 0.793. The molecule has 2 N–H and O–H groups in total. The standard InChI is InChI=1S/C25H24Cl3N3OS/c26-19-2-1-3-22(14-19)31-12-10-30(11-13-31)16-25(32)29-21-6-8-23(9-7-21)33-17-18-4-5-20(27)15-24(18)28/h1-9,14-15H,10-13,16-17H2,(H,29,32)/p+1. The average molecular weight is 522 g/mol.